The number of hydrogen-bond donors (Lipinski definition) is 1. The second-order valence-corrected chi connectivity index (χ2v) is 5.05. The normalized spacial score (nSPS) is 12.1. The van der Waals surface area contributed by atoms with Crippen molar-refractivity contribution < 1.29 is 9.84 Å². The summed E-state index contributed by atoms with van der Waals surface area (Å²) in [5.41, 5.74) is 1.51. The minimum Gasteiger partial charge on any atom is -0.494 e. The number of aromatic nitrogens is 1. The van der Waals surface area contributed by atoms with E-state index in [0.717, 1.165) is 23.4 Å². The Bertz CT molecular complexity index is 631. The molecule has 4 nitrogen and oxygen atoms in total. The van der Waals surface area contributed by atoms with Crippen LogP contribution in [0.15, 0.2) is 47.3 Å². The summed E-state index contributed by atoms with van der Waals surface area (Å²) >= 11 is 0. The van der Waals surface area contributed by atoms with Crippen molar-refractivity contribution in [3.8, 4) is 5.75 Å². The molecule has 0 bridgehead atoms. The highest BCUT2D eigenvalue weighted by Gasteiger charge is 2.10. The molecule has 1 unspecified atom stereocenters. The highest BCUT2D eigenvalue weighted by molar-refractivity contribution is 5.28. The Morgan fingerprint density at radius 2 is 1.90 bits per heavy atom. The Balaban J connectivity index is 2.10. The minimum atomic E-state index is -0.718. The van der Waals surface area contributed by atoms with Crippen molar-refractivity contribution >= 4 is 0 Å². The number of aliphatic hydroxyl groups excluding tert-OH is 1. The predicted molar refractivity (Wildman–Crippen MR) is 82.6 cm³/mol. The molecule has 0 fully saturated rings. The third kappa shape index (κ3) is 3.95. The fraction of sp³-hybridized carbons (Fsp3) is 0.353. The average molecular weight is 287 g/mol. The maximum Gasteiger partial charge on any atom is 0.250 e. The molecule has 0 amide bonds. The molecule has 1 N–H and O–H groups in total. The van der Waals surface area contributed by atoms with E-state index in [1.54, 1.807) is 10.6 Å². The Kier molecular flexibility index (Phi) is 5.17. The molecule has 2 aromatic rings. The Hall–Kier alpha value is -2.07. The fourth-order valence-corrected chi connectivity index (χ4v) is 2.14. The van der Waals surface area contributed by atoms with Crippen LogP contribution < -0.4 is 10.3 Å². The molecule has 0 saturated carbocycles. The molecule has 1 aromatic heterocycles. The van der Waals surface area contributed by atoms with Gasteiger partial charge in [-0.2, -0.15) is 0 Å². The van der Waals surface area contributed by atoms with Gasteiger partial charge >= 0.3 is 0 Å². The molecule has 112 valence electrons. The Labute approximate surface area is 124 Å². The summed E-state index contributed by atoms with van der Waals surface area (Å²) < 4.78 is 7.09. The molecule has 21 heavy (non-hydrogen) atoms. The van der Waals surface area contributed by atoms with Crippen LogP contribution in [0.3, 0.4) is 0 Å². The van der Waals surface area contributed by atoms with Crippen molar-refractivity contribution in [3.05, 3.63) is 64.1 Å². The molecule has 0 spiro atoms. The van der Waals surface area contributed by atoms with Crippen LogP contribution in [0, 0.1) is 6.92 Å². The van der Waals surface area contributed by atoms with E-state index in [-0.39, 0.29) is 12.1 Å². The van der Waals surface area contributed by atoms with Crippen molar-refractivity contribution in [1.82, 2.24) is 4.57 Å². The minimum absolute atomic E-state index is 0.100. The first-order valence-electron chi connectivity index (χ1n) is 7.19. The predicted octanol–water partition coefficient (Wildman–Crippen LogP) is 2.68. The van der Waals surface area contributed by atoms with Gasteiger partial charge in [0.1, 0.15) is 5.75 Å². The van der Waals surface area contributed by atoms with E-state index >= 15 is 0 Å². The second kappa shape index (κ2) is 7.09. The quantitative estimate of drug-likeness (QED) is 0.888. The summed E-state index contributed by atoms with van der Waals surface area (Å²) in [5.74, 6) is 0.792. The van der Waals surface area contributed by atoms with Crippen LogP contribution >= 0.6 is 0 Å². The molecule has 2 rings (SSSR count). The number of hydrogen-bond acceptors (Lipinski definition) is 3. The van der Waals surface area contributed by atoms with Crippen LogP contribution in [-0.4, -0.2) is 16.3 Å². The molecule has 4 heteroatoms. The summed E-state index contributed by atoms with van der Waals surface area (Å²) in [4.78, 5) is 11.8. The molecular formula is C17H21NO3. The zero-order valence-electron chi connectivity index (χ0n) is 12.5. The zero-order chi connectivity index (χ0) is 15.2. The third-order valence-electron chi connectivity index (χ3n) is 3.36. The number of pyridine rings is 1. The molecule has 1 aromatic carbocycles. The van der Waals surface area contributed by atoms with Crippen molar-refractivity contribution in [2.24, 2.45) is 0 Å². The van der Waals surface area contributed by atoms with Crippen molar-refractivity contribution in [3.63, 3.8) is 0 Å². The number of nitrogens with zero attached hydrogens (tertiary/aromatic N) is 1. The molecule has 0 aliphatic heterocycles. The zero-order valence-corrected chi connectivity index (χ0v) is 12.5. The number of benzene rings is 1. The lowest BCUT2D eigenvalue weighted by Gasteiger charge is -2.15. The lowest BCUT2D eigenvalue weighted by molar-refractivity contribution is 0.154. The molecule has 0 radical (unpaired) electrons. The van der Waals surface area contributed by atoms with E-state index in [0.29, 0.717) is 6.61 Å². The van der Waals surface area contributed by atoms with E-state index in [9.17, 15) is 9.90 Å². The van der Waals surface area contributed by atoms with Gasteiger partial charge in [0.25, 0.3) is 5.56 Å². The third-order valence-corrected chi connectivity index (χ3v) is 3.36. The summed E-state index contributed by atoms with van der Waals surface area (Å²) in [6, 6.07) is 12.4. The van der Waals surface area contributed by atoms with E-state index in [1.807, 2.05) is 37.3 Å². The van der Waals surface area contributed by atoms with Gasteiger partial charge < -0.3 is 14.4 Å². The van der Waals surface area contributed by atoms with Gasteiger partial charge in [-0.15, -0.1) is 0 Å². The summed E-state index contributed by atoms with van der Waals surface area (Å²) in [7, 11) is 0. The highest BCUT2D eigenvalue weighted by Crippen LogP contribution is 2.19. The fourth-order valence-electron chi connectivity index (χ4n) is 2.14. The van der Waals surface area contributed by atoms with Crippen molar-refractivity contribution in [2.75, 3.05) is 6.61 Å². The van der Waals surface area contributed by atoms with E-state index < -0.39 is 6.10 Å². The number of aryl methyl sites for hydroxylation is 1. The van der Waals surface area contributed by atoms with Gasteiger partial charge in [-0.05, 0) is 37.1 Å². The summed E-state index contributed by atoms with van der Waals surface area (Å²) in [6.07, 6.45) is 0.240. The van der Waals surface area contributed by atoms with Gasteiger partial charge in [-0.1, -0.05) is 25.1 Å². The van der Waals surface area contributed by atoms with Crippen LogP contribution in [0.2, 0.25) is 0 Å². The van der Waals surface area contributed by atoms with E-state index in [1.165, 1.54) is 6.07 Å². The average Bonchev–Trinajstić information content (AvgIpc) is 2.49. The van der Waals surface area contributed by atoms with Crippen LogP contribution in [-0.2, 0) is 6.54 Å². The molecular weight excluding hydrogens is 266 g/mol. The first-order chi connectivity index (χ1) is 10.1. The molecule has 0 aliphatic rings. The largest absolute Gasteiger partial charge is 0.494 e. The van der Waals surface area contributed by atoms with Crippen molar-refractivity contribution in [2.45, 2.75) is 32.9 Å². The highest BCUT2D eigenvalue weighted by atomic mass is 16.5. The van der Waals surface area contributed by atoms with Crippen LogP contribution in [0.25, 0.3) is 0 Å². The van der Waals surface area contributed by atoms with Gasteiger partial charge in [0.2, 0.25) is 0 Å². The Morgan fingerprint density at radius 3 is 2.52 bits per heavy atom. The lowest BCUT2D eigenvalue weighted by Crippen LogP contribution is -2.24. The van der Waals surface area contributed by atoms with Gasteiger partial charge in [-0.3, -0.25) is 4.79 Å². The van der Waals surface area contributed by atoms with Crippen molar-refractivity contribution in [1.29, 1.82) is 0 Å². The molecule has 1 atom stereocenters. The SMILES string of the molecule is CCCOc1ccc(C(O)Cn2c(C)cccc2=O)cc1. The number of ether oxygens (including phenoxy) is 1. The van der Waals surface area contributed by atoms with E-state index in [4.69, 9.17) is 4.74 Å². The number of rotatable bonds is 6. The molecule has 0 aliphatic carbocycles. The van der Waals surface area contributed by atoms with Crippen LogP contribution in [0.1, 0.15) is 30.7 Å². The maximum atomic E-state index is 11.8. The summed E-state index contributed by atoms with van der Waals surface area (Å²) in [5, 5.41) is 10.3. The Morgan fingerprint density at radius 1 is 1.19 bits per heavy atom. The first kappa shape index (κ1) is 15.3. The van der Waals surface area contributed by atoms with Gasteiger partial charge in [0.15, 0.2) is 0 Å². The topological polar surface area (TPSA) is 51.5 Å². The molecule has 0 saturated heterocycles. The molecule has 1 heterocycles. The van der Waals surface area contributed by atoms with Crippen LogP contribution in [0.5, 0.6) is 5.75 Å². The lowest BCUT2D eigenvalue weighted by atomic mass is 10.1. The van der Waals surface area contributed by atoms with Gasteiger partial charge in [0.05, 0.1) is 19.3 Å². The second-order valence-electron chi connectivity index (χ2n) is 5.05. The smallest absolute Gasteiger partial charge is 0.250 e. The summed E-state index contributed by atoms with van der Waals surface area (Å²) in [6.45, 7) is 4.84. The first-order valence-corrected chi connectivity index (χ1v) is 7.19. The van der Waals surface area contributed by atoms with Crippen LogP contribution in [0.4, 0.5) is 0 Å². The van der Waals surface area contributed by atoms with Gasteiger partial charge in [0, 0.05) is 11.8 Å². The standard InChI is InChI=1S/C17H21NO3/c1-3-11-21-15-9-7-14(8-10-15)16(19)12-18-13(2)5-4-6-17(18)20/h4-10,16,19H,3,11-12H2,1-2H3. The number of aliphatic hydroxyl groups is 1. The van der Waals surface area contributed by atoms with E-state index in [2.05, 4.69) is 6.92 Å². The maximum absolute atomic E-state index is 11.8. The monoisotopic (exact) mass is 287 g/mol. The van der Waals surface area contributed by atoms with Gasteiger partial charge in [-0.25, -0.2) is 0 Å².